The first-order chi connectivity index (χ1) is 9.10. The van der Waals surface area contributed by atoms with E-state index < -0.39 is 5.91 Å². The number of ether oxygens (including phenoxy) is 1. The largest absolute Gasteiger partial charge is 0.495 e. The number of carbonyl (C=O) groups is 1. The number of hydrogen-bond donors (Lipinski definition) is 2. The van der Waals surface area contributed by atoms with Crippen LogP contribution in [0, 0.1) is 0 Å². The number of primary amides is 1. The first kappa shape index (κ1) is 13.9. The Morgan fingerprint density at radius 1 is 1.47 bits per heavy atom. The number of halogens is 1. The number of anilines is 1. The molecule has 1 amide bonds. The maximum Gasteiger partial charge on any atom is 0.248 e. The molecule has 0 bridgehead atoms. The summed E-state index contributed by atoms with van der Waals surface area (Å²) in [6, 6.07) is 7.12. The normalized spacial score (nSPS) is 10.2. The van der Waals surface area contributed by atoms with Crippen LogP contribution in [0.5, 0.6) is 5.75 Å². The van der Waals surface area contributed by atoms with E-state index in [1.807, 2.05) is 6.07 Å². The fraction of sp³-hybridized carbons (Fsp3) is 0.154. The van der Waals surface area contributed by atoms with Gasteiger partial charge < -0.3 is 15.8 Å². The van der Waals surface area contributed by atoms with E-state index in [-0.39, 0.29) is 0 Å². The van der Waals surface area contributed by atoms with E-state index in [0.717, 1.165) is 15.0 Å². The van der Waals surface area contributed by atoms with Crippen molar-refractivity contribution in [2.24, 2.45) is 5.73 Å². The topological polar surface area (TPSA) is 64.3 Å². The summed E-state index contributed by atoms with van der Waals surface area (Å²) in [7, 11) is 1.59. The molecule has 1 aromatic heterocycles. The van der Waals surface area contributed by atoms with Gasteiger partial charge in [0.15, 0.2) is 0 Å². The molecule has 1 aromatic carbocycles. The van der Waals surface area contributed by atoms with Crippen LogP contribution in [0.3, 0.4) is 0 Å². The van der Waals surface area contributed by atoms with Gasteiger partial charge in [0.1, 0.15) is 5.75 Å². The molecule has 0 aliphatic rings. The van der Waals surface area contributed by atoms with Crippen molar-refractivity contribution in [3.8, 4) is 5.75 Å². The Balaban J connectivity index is 2.17. The molecular formula is C13H13BrN2O2S. The van der Waals surface area contributed by atoms with Crippen LogP contribution >= 0.6 is 27.3 Å². The highest BCUT2D eigenvalue weighted by molar-refractivity contribution is 9.11. The molecule has 0 fully saturated rings. The molecule has 3 N–H and O–H groups in total. The Morgan fingerprint density at radius 2 is 2.26 bits per heavy atom. The molecule has 0 spiro atoms. The lowest BCUT2D eigenvalue weighted by Gasteiger charge is -2.11. The molecule has 100 valence electrons. The average molecular weight is 341 g/mol. The van der Waals surface area contributed by atoms with Crippen LogP contribution in [0.1, 0.15) is 15.9 Å². The van der Waals surface area contributed by atoms with Gasteiger partial charge in [0, 0.05) is 12.1 Å². The van der Waals surface area contributed by atoms with Gasteiger partial charge in [-0.25, -0.2) is 0 Å². The molecule has 19 heavy (non-hydrogen) atoms. The van der Waals surface area contributed by atoms with Crippen LogP contribution < -0.4 is 15.8 Å². The molecule has 6 heteroatoms. The number of methoxy groups -OCH3 is 1. The maximum absolute atomic E-state index is 11.2. The summed E-state index contributed by atoms with van der Waals surface area (Å²) in [5.74, 6) is 0.225. The Kier molecular flexibility index (Phi) is 4.44. The number of hydrogen-bond acceptors (Lipinski definition) is 4. The SMILES string of the molecule is COc1ccc(C(N)=O)cc1NCc1csc(Br)c1. The van der Waals surface area contributed by atoms with Crippen molar-refractivity contribution in [3.05, 3.63) is 44.6 Å². The van der Waals surface area contributed by atoms with Gasteiger partial charge in [0.2, 0.25) is 5.91 Å². The molecule has 2 aromatic rings. The summed E-state index contributed by atoms with van der Waals surface area (Å²) >= 11 is 5.05. The van der Waals surface area contributed by atoms with Crippen molar-refractivity contribution in [3.63, 3.8) is 0 Å². The minimum atomic E-state index is -0.455. The average Bonchev–Trinajstić information content (AvgIpc) is 2.81. The third-order valence-electron chi connectivity index (χ3n) is 2.59. The summed E-state index contributed by atoms with van der Waals surface area (Å²) in [6.45, 7) is 0.653. The minimum Gasteiger partial charge on any atom is -0.495 e. The van der Waals surface area contributed by atoms with Crippen molar-refractivity contribution in [2.75, 3.05) is 12.4 Å². The van der Waals surface area contributed by atoms with E-state index >= 15 is 0 Å². The van der Waals surface area contributed by atoms with E-state index in [1.165, 1.54) is 0 Å². The molecule has 1 heterocycles. The minimum absolute atomic E-state index is 0.454. The van der Waals surface area contributed by atoms with Crippen LogP contribution in [-0.4, -0.2) is 13.0 Å². The molecule has 0 saturated heterocycles. The van der Waals surface area contributed by atoms with E-state index in [0.29, 0.717) is 17.9 Å². The number of nitrogens with one attached hydrogen (secondary N) is 1. The summed E-state index contributed by atoms with van der Waals surface area (Å²) in [5.41, 5.74) is 7.63. The summed E-state index contributed by atoms with van der Waals surface area (Å²) in [4.78, 5) is 11.2. The quantitative estimate of drug-likeness (QED) is 0.878. The molecule has 0 saturated carbocycles. The highest BCUT2D eigenvalue weighted by atomic mass is 79.9. The zero-order valence-corrected chi connectivity index (χ0v) is 12.7. The fourth-order valence-corrected chi connectivity index (χ4v) is 2.84. The van der Waals surface area contributed by atoms with Crippen LogP contribution in [0.4, 0.5) is 5.69 Å². The lowest BCUT2D eigenvalue weighted by molar-refractivity contribution is 0.100. The molecule has 0 unspecified atom stereocenters. The predicted molar refractivity (Wildman–Crippen MR) is 80.9 cm³/mol. The Hall–Kier alpha value is -1.53. The maximum atomic E-state index is 11.2. The first-order valence-electron chi connectivity index (χ1n) is 5.55. The first-order valence-corrected chi connectivity index (χ1v) is 7.22. The van der Waals surface area contributed by atoms with E-state index in [1.54, 1.807) is 36.6 Å². The van der Waals surface area contributed by atoms with Gasteiger partial charge in [-0.15, -0.1) is 11.3 Å². The zero-order valence-electron chi connectivity index (χ0n) is 10.3. The lowest BCUT2D eigenvalue weighted by Crippen LogP contribution is -2.11. The van der Waals surface area contributed by atoms with Crippen LogP contribution in [-0.2, 0) is 6.54 Å². The third-order valence-corrected chi connectivity index (χ3v) is 4.14. The lowest BCUT2D eigenvalue weighted by atomic mass is 10.1. The molecule has 0 aliphatic heterocycles. The number of thiophene rings is 1. The van der Waals surface area contributed by atoms with Gasteiger partial charge in [0.25, 0.3) is 0 Å². The monoisotopic (exact) mass is 340 g/mol. The fourth-order valence-electron chi connectivity index (χ4n) is 1.64. The van der Waals surface area contributed by atoms with Gasteiger partial charge in [-0.2, -0.15) is 0 Å². The number of amides is 1. The molecule has 0 atom stereocenters. The van der Waals surface area contributed by atoms with Gasteiger partial charge in [-0.1, -0.05) is 0 Å². The van der Waals surface area contributed by atoms with Gasteiger partial charge in [-0.3, -0.25) is 4.79 Å². The van der Waals surface area contributed by atoms with E-state index in [9.17, 15) is 4.79 Å². The Bertz CT molecular complexity index is 598. The van der Waals surface area contributed by atoms with Gasteiger partial charge in [-0.05, 0) is 51.1 Å². The summed E-state index contributed by atoms with van der Waals surface area (Å²) in [6.07, 6.45) is 0. The highest BCUT2D eigenvalue weighted by Crippen LogP contribution is 2.27. The smallest absolute Gasteiger partial charge is 0.248 e. The van der Waals surface area contributed by atoms with E-state index in [4.69, 9.17) is 10.5 Å². The molecule has 0 aliphatic carbocycles. The molecule has 0 radical (unpaired) electrons. The van der Waals surface area contributed by atoms with Crippen LogP contribution in [0.25, 0.3) is 0 Å². The highest BCUT2D eigenvalue weighted by Gasteiger charge is 2.08. The third kappa shape index (κ3) is 3.48. The Morgan fingerprint density at radius 3 is 2.84 bits per heavy atom. The molecule has 4 nitrogen and oxygen atoms in total. The summed E-state index contributed by atoms with van der Waals surface area (Å²) in [5, 5.41) is 5.30. The second kappa shape index (κ2) is 6.08. The second-order valence-electron chi connectivity index (χ2n) is 3.89. The number of carbonyl (C=O) groups excluding carboxylic acids is 1. The van der Waals surface area contributed by atoms with Gasteiger partial charge in [0.05, 0.1) is 16.6 Å². The van der Waals surface area contributed by atoms with Crippen molar-refractivity contribution in [2.45, 2.75) is 6.54 Å². The van der Waals surface area contributed by atoms with Crippen molar-refractivity contribution in [1.82, 2.24) is 0 Å². The summed E-state index contributed by atoms with van der Waals surface area (Å²) < 4.78 is 6.34. The van der Waals surface area contributed by atoms with Crippen LogP contribution in [0.2, 0.25) is 0 Å². The van der Waals surface area contributed by atoms with E-state index in [2.05, 4.69) is 26.6 Å². The molecular weight excluding hydrogens is 328 g/mol. The second-order valence-corrected chi connectivity index (χ2v) is 6.18. The zero-order chi connectivity index (χ0) is 13.8. The number of rotatable bonds is 5. The standard InChI is InChI=1S/C13H13BrN2O2S/c1-18-11-3-2-9(13(15)17)5-10(11)16-6-8-4-12(14)19-7-8/h2-5,7,16H,6H2,1H3,(H2,15,17). The predicted octanol–water partition coefficient (Wildman–Crippen LogP) is 3.23. The van der Waals surface area contributed by atoms with Crippen LogP contribution in [0.15, 0.2) is 33.4 Å². The Labute approximate surface area is 123 Å². The van der Waals surface area contributed by atoms with Crippen molar-refractivity contribution >= 4 is 38.9 Å². The molecule has 2 rings (SSSR count). The van der Waals surface area contributed by atoms with Gasteiger partial charge >= 0.3 is 0 Å². The number of benzene rings is 1. The van der Waals surface area contributed by atoms with Crippen molar-refractivity contribution in [1.29, 1.82) is 0 Å². The van der Waals surface area contributed by atoms with Crippen molar-refractivity contribution < 1.29 is 9.53 Å². The number of nitrogens with two attached hydrogens (primary N) is 1.